The Hall–Kier alpha value is -0.410. The van der Waals surface area contributed by atoms with Crippen molar-refractivity contribution < 1.29 is 14.3 Å². The Balaban J connectivity index is 2.01. The van der Waals surface area contributed by atoms with Crippen LogP contribution in [0.15, 0.2) is 0 Å². The highest BCUT2D eigenvalue weighted by Crippen LogP contribution is 2.41. The average molecular weight is 226 g/mol. The second kappa shape index (κ2) is 5.28. The van der Waals surface area contributed by atoms with Gasteiger partial charge in [0.1, 0.15) is 5.78 Å². The maximum Gasteiger partial charge on any atom is 0.178 e. The first-order valence-electron chi connectivity index (χ1n) is 6.59. The molecular weight excluding hydrogens is 204 g/mol. The van der Waals surface area contributed by atoms with Crippen molar-refractivity contribution in [1.29, 1.82) is 0 Å². The van der Waals surface area contributed by atoms with Gasteiger partial charge in [-0.3, -0.25) is 4.79 Å². The molecule has 2 rings (SSSR count). The van der Waals surface area contributed by atoms with E-state index in [4.69, 9.17) is 9.47 Å². The largest absolute Gasteiger partial charge is 0.347 e. The van der Waals surface area contributed by atoms with Gasteiger partial charge in [0.2, 0.25) is 0 Å². The summed E-state index contributed by atoms with van der Waals surface area (Å²) in [5, 5.41) is 0. The van der Waals surface area contributed by atoms with Gasteiger partial charge in [0, 0.05) is 12.8 Å². The van der Waals surface area contributed by atoms with Gasteiger partial charge in [-0.1, -0.05) is 19.8 Å². The molecule has 0 aromatic rings. The molecule has 0 N–H and O–H groups in total. The Labute approximate surface area is 97.5 Å². The van der Waals surface area contributed by atoms with Crippen molar-refractivity contribution in [3.63, 3.8) is 0 Å². The quantitative estimate of drug-likeness (QED) is 0.739. The number of carbonyl (C=O) groups is 1. The minimum atomic E-state index is -0.539. The third kappa shape index (κ3) is 2.30. The molecular formula is C13H22O3. The minimum absolute atomic E-state index is 0.00435. The van der Waals surface area contributed by atoms with Crippen molar-refractivity contribution in [1.82, 2.24) is 0 Å². The summed E-state index contributed by atoms with van der Waals surface area (Å²) in [6.45, 7) is 3.42. The van der Waals surface area contributed by atoms with Crippen LogP contribution in [0.5, 0.6) is 0 Å². The molecule has 3 heteroatoms. The Morgan fingerprint density at radius 2 is 2.06 bits per heavy atom. The molecule has 0 radical (unpaired) electrons. The summed E-state index contributed by atoms with van der Waals surface area (Å²) < 4.78 is 11.5. The van der Waals surface area contributed by atoms with Crippen molar-refractivity contribution in [2.24, 2.45) is 5.92 Å². The fourth-order valence-corrected chi connectivity index (χ4v) is 2.86. The molecule has 3 nitrogen and oxygen atoms in total. The van der Waals surface area contributed by atoms with Crippen LogP contribution >= 0.6 is 0 Å². The first kappa shape index (κ1) is 12.1. The van der Waals surface area contributed by atoms with Crippen LogP contribution in [0.25, 0.3) is 0 Å². The van der Waals surface area contributed by atoms with E-state index in [1.807, 2.05) is 0 Å². The van der Waals surface area contributed by atoms with Crippen molar-refractivity contribution >= 4 is 5.78 Å². The first-order chi connectivity index (χ1) is 7.78. The maximum atomic E-state index is 12.2. The Morgan fingerprint density at radius 1 is 1.31 bits per heavy atom. The number of hydrogen-bond donors (Lipinski definition) is 0. The summed E-state index contributed by atoms with van der Waals surface area (Å²) in [6.07, 6.45) is 6.86. The SMILES string of the molecule is CCCCC(=O)[C@H]1CCCCC12OCCO2. The molecule has 0 aromatic carbocycles. The van der Waals surface area contributed by atoms with E-state index in [-0.39, 0.29) is 5.92 Å². The third-order valence-electron chi connectivity index (χ3n) is 3.74. The lowest BCUT2D eigenvalue weighted by molar-refractivity contribution is -0.211. The van der Waals surface area contributed by atoms with Gasteiger partial charge in [0.05, 0.1) is 19.1 Å². The highest BCUT2D eigenvalue weighted by Gasteiger charge is 2.48. The van der Waals surface area contributed by atoms with E-state index < -0.39 is 5.79 Å². The molecule has 92 valence electrons. The van der Waals surface area contributed by atoms with E-state index in [1.54, 1.807) is 0 Å². The third-order valence-corrected chi connectivity index (χ3v) is 3.74. The maximum absolute atomic E-state index is 12.2. The van der Waals surface area contributed by atoms with Gasteiger partial charge in [0.25, 0.3) is 0 Å². The summed E-state index contributed by atoms with van der Waals surface area (Å²) in [7, 11) is 0. The van der Waals surface area contributed by atoms with Crippen molar-refractivity contribution in [3.05, 3.63) is 0 Å². The lowest BCUT2D eigenvalue weighted by atomic mass is 9.79. The van der Waals surface area contributed by atoms with Gasteiger partial charge in [-0.25, -0.2) is 0 Å². The number of unbranched alkanes of at least 4 members (excludes halogenated alkanes) is 1. The first-order valence-corrected chi connectivity index (χ1v) is 6.59. The van der Waals surface area contributed by atoms with Crippen molar-refractivity contribution in [2.75, 3.05) is 13.2 Å². The molecule has 1 saturated carbocycles. The summed E-state index contributed by atoms with van der Waals surface area (Å²) in [4.78, 5) is 12.2. The molecule has 0 unspecified atom stereocenters. The van der Waals surface area contributed by atoms with Crippen molar-refractivity contribution in [2.45, 2.75) is 57.7 Å². The van der Waals surface area contributed by atoms with Gasteiger partial charge in [0.15, 0.2) is 5.79 Å². The second-order valence-corrected chi connectivity index (χ2v) is 4.88. The number of rotatable bonds is 4. The summed E-state index contributed by atoms with van der Waals surface area (Å²) in [6, 6.07) is 0. The smallest absolute Gasteiger partial charge is 0.178 e. The zero-order valence-corrected chi connectivity index (χ0v) is 10.2. The fourth-order valence-electron chi connectivity index (χ4n) is 2.86. The van der Waals surface area contributed by atoms with Gasteiger partial charge in [-0.15, -0.1) is 0 Å². The molecule has 0 bridgehead atoms. The van der Waals surface area contributed by atoms with Gasteiger partial charge in [-0.2, -0.15) is 0 Å². The van der Waals surface area contributed by atoms with Crippen LogP contribution in [0.4, 0.5) is 0 Å². The zero-order chi connectivity index (χ0) is 11.4. The monoisotopic (exact) mass is 226 g/mol. The molecule has 1 heterocycles. The van der Waals surface area contributed by atoms with E-state index in [0.717, 1.165) is 38.5 Å². The molecule has 16 heavy (non-hydrogen) atoms. The Morgan fingerprint density at radius 3 is 2.75 bits per heavy atom. The summed E-state index contributed by atoms with van der Waals surface area (Å²) in [5.41, 5.74) is 0. The van der Waals surface area contributed by atoms with E-state index in [0.29, 0.717) is 25.4 Å². The Bertz CT molecular complexity index is 244. The number of carbonyl (C=O) groups excluding carboxylic acids is 1. The van der Waals surface area contributed by atoms with Crippen LogP contribution in [-0.2, 0) is 14.3 Å². The standard InChI is InChI=1S/C13H22O3/c1-2-3-7-12(14)11-6-4-5-8-13(11)15-9-10-16-13/h11H,2-10H2,1H3/t11-/m1/s1. The van der Waals surface area contributed by atoms with Crippen LogP contribution in [0.1, 0.15) is 51.9 Å². The number of Topliss-reactive ketones (excluding diaryl/α,β-unsaturated/α-hetero) is 1. The zero-order valence-electron chi connectivity index (χ0n) is 10.2. The molecule has 1 aliphatic carbocycles. The van der Waals surface area contributed by atoms with E-state index in [2.05, 4.69) is 6.92 Å². The summed E-state index contributed by atoms with van der Waals surface area (Å²) in [5.74, 6) is -0.193. The Kier molecular flexibility index (Phi) is 3.98. The van der Waals surface area contributed by atoms with Gasteiger partial charge >= 0.3 is 0 Å². The normalized spacial score (nSPS) is 28.4. The van der Waals surface area contributed by atoms with Crippen LogP contribution < -0.4 is 0 Å². The predicted octanol–water partition coefficient (Wildman–Crippen LogP) is 2.68. The van der Waals surface area contributed by atoms with Crippen LogP contribution in [-0.4, -0.2) is 24.8 Å². The molecule has 1 aliphatic heterocycles. The lowest BCUT2D eigenvalue weighted by Crippen LogP contribution is -2.45. The lowest BCUT2D eigenvalue weighted by Gasteiger charge is -2.38. The number of ether oxygens (including phenoxy) is 2. The molecule has 1 spiro atoms. The van der Waals surface area contributed by atoms with Crippen LogP contribution in [0.3, 0.4) is 0 Å². The second-order valence-electron chi connectivity index (χ2n) is 4.88. The molecule has 1 saturated heterocycles. The highest BCUT2D eigenvalue weighted by molar-refractivity contribution is 5.82. The molecule has 0 amide bonds. The van der Waals surface area contributed by atoms with E-state index >= 15 is 0 Å². The average Bonchev–Trinajstić information content (AvgIpc) is 2.75. The number of hydrogen-bond acceptors (Lipinski definition) is 3. The van der Waals surface area contributed by atoms with Crippen molar-refractivity contribution in [3.8, 4) is 0 Å². The molecule has 2 aliphatic rings. The molecule has 1 atom stereocenters. The van der Waals surface area contributed by atoms with E-state index in [9.17, 15) is 4.79 Å². The molecule has 0 aromatic heterocycles. The van der Waals surface area contributed by atoms with Crippen LogP contribution in [0, 0.1) is 5.92 Å². The molecule has 2 fully saturated rings. The fraction of sp³-hybridized carbons (Fsp3) is 0.923. The van der Waals surface area contributed by atoms with E-state index in [1.165, 1.54) is 0 Å². The van der Waals surface area contributed by atoms with Crippen LogP contribution in [0.2, 0.25) is 0 Å². The number of ketones is 1. The predicted molar refractivity (Wildman–Crippen MR) is 61.1 cm³/mol. The topological polar surface area (TPSA) is 35.5 Å². The minimum Gasteiger partial charge on any atom is -0.347 e. The summed E-state index contributed by atoms with van der Waals surface area (Å²) >= 11 is 0. The van der Waals surface area contributed by atoms with Gasteiger partial charge in [-0.05, 0) is 19.3 Å². The van der Waals surface area contributed by atoms with Gasteiger partial charge < -0.3 is 9.47 Å². The highest BCUT2D eigenvalue weighted by atomic mass is 16.7.